The molecule has 1 heterocycles. The van der Waals surface area contributed by atoms with Crippen molar-refractivity contribution in [3.63, 3.8) is 0 Å². The first-order valence-corrected chi connectivity index (χ1v) is 4.72. The Morgan fingerprint density at radius 3 is 2.31 bits per heavy atom. The summed E-state index contributed by atoms with van der Waals surface area (Å²) in [5.41, 5.74) is 2.60. The molecule has 0 bridgehead atoms. The maximum atomic E-state index is 8.77. The highest BCUT2D eigenvalue weighted by molar-refractivity contribution is 5.06. The molecule has 74 valence electrons. The van der Waals surface area contributed by atoms with Crippen LogP contribution in [-0.4, -0.2) is 16.3 Å². The number of hydrogen-bond donors (Lipinski definition) is 1. The molecule has 0 saturated carbocycles. The van der Waals surface area contributed by atoms with Gasteiger partial charge in [-0.25, -0.2) is 9.13 Å². The summed E-state index contributed by atoms with van der Waals surface area (Å²) in [7, 11) is 2.08. The van der Waals surface area contributed by atoms with Crippen LogP contribution in [0.2, 0.25) is 0 Å². The lowest BCUT2D eigenvalue weighted by atomic mass is 10.3. The molecule has 0 aliphatic heterocycles. The van der Waals surface area contributed by atoms with Crippen LogP contribution in [0.25, 0.3) is 0 Å². The van der Waals surface area contributed by atoms with Gasteiger partial charge in [0.05, 0.1) is 13.6 Å². The van der Waals surface area contributed by atoms with Crippen LogP contribution < -0.4 is 4.57 Å². The van der Waals surface area contributed by atoms with E-state index >= 15 is 0 Å². The normalized spacial score (nSPS) is 10.8. The van der Waals surface area contributed by atoms with Gasteiger partial charge in [0.1, 0.15) is 11.4 Å². The van der Waals surface area contributed by atoms with E-state index in [4.69, 9.17) is 5.11 Å². The highest BCUT2D eigenvalue weighted by atomic mass is 16.3. The van der Waals surface area contributed by atoms with E-state index in [0.29, 0.717) is 0 Å². The van der Waals surface area contributed by atoms with Crippen LogP contribution in [0.4, 0.5) is 0 Å². The van der Waals surface area contributed by atoms with Crippen LogP contribution in [0.5, 0.6) is 0 Å². The smallest absolute Gasteiger partial charge is 0.253 e. The zero-order chi connectivity index (χ0) is 10.0. The van der Waals surface area contributed by atoms with Gasteiger partial charge in [0.15, 0.2) is 0 Å². The topological polar surface area (TPSA) is 29.0 Å². The predicted molar refractivity (Wildman–Crippen MR) is 51.5 cm³/mol. The number of imidazole rings is 1. The van der Waals surface area contributed by atoms with Crippen molar-refractivity contribution in [1.82, 2.24) is 4.57 Å². The standard InChI is InChI=1S/C10H19N2O/c1-8-9(2)12(6-5-7-13)10(3)11(8)4/h13H,5-7H2,1-4H3/q+1. The van der Waals surface area contributed by atoms with Crippen molar-refractivity contribution in [1.29, 1.82) is 0 Å². The molecular weight excluding hydrogens is 164 g/mol. The first-order valence-electron chi connectivity index (χ1n) is 4.72. The van der Waals surface area contributed by atoms with E-state index in [1.54, 1.807) is 0 Å². The molecule has 3 heteroatoms. The van der Waals surface area contributed by atoms with Crippen LogP contribution in [0, 0.1) is 20.8 Å². The van der Waals surface area contributed by atoms with Crippen molar-refractivity contribution in [3.8, 4) is 0 Å². The zero-order valence-electron chi connectivity index (χ0n) is 8.96. The molecule has 0 fully saturated rings. The minimum absolute atomic E-state index is 0.264. The third kappa shape index (κ3) is 1.75. The van der Waals surface area contributed by atoms with Crippen molar-refractivity contribution in [2.24, 2.45) is 7.05 Å². The Kier molecular flexibility index (Phi) is 3.09. The van der Waals surface area contributed by atoms with Gasteiger partial charge >= 0.3 is 0 Å². The van der Waals surface area contributed by atoms with Gasteiger partial charge < -0.3 is 5.11 Å². The second-order valence-electron chi connectivity index (χ2n) is 3.51. The summed E-state index contributed by atoms with van der Waals surface area (Å²) in [4.78, 5) is 0. The molecule has 0 amide bonds. The van der Waals surface area contributed by atoms with E-state index in [1.165, 1.54) is 17.2 Å². The Labute approximate surface area is 79.6 Å². The van der Waals surface area contributed by atoms with Crippen molar-refractivity contribution in [3.05, 3.63) is 17.2 Å². The summed E-state index contributed by atoms with van der Waals surface area (Å²) < 4.78 is 4.44. The van der Waals surface area contributed by atoms with E-state index < -0.39 is 0 Å². The number of rotatable bonds is 3. The molecule has 1 aromatic heterocycles. The molecular formula is C10H19N2O+. The molecule has 0 aromatic carbocycles. The highest BCUT2D eigenvalue weighted by Crippen LogP contribution is 2.07. The summed E-state index contributed by atoms with van der Waals surface area (Å²) in [6, 6.07) is 0. The number of aliphatic hydroxyl groups excluding tert-OH is 1. The molecule has 0 aliphatic rings. The summed E-state index contributed by atoms with van der Waals surface area (Å²) in [5.74, 6) is 1.25. The average Bonchev–Trinajstić information content (AvgIpc) is 2.30. The molecule has 0 atom stereocenters. The maximum absolute atomic E-state index is 8.77. The fraction of sp³-hybridized carbons (Fsp3) is 0.700. The van der Waals surface area contributed by atoms with Crippen molar-refractivity contribution in [2.75, 3.05) is 6.61 Å². The molecule has 13 heavy (non-hydrogen) atoms. The molecule has 0 aliphatic carbocycles. The van der Waals surface area contributed by atoms with Crippen molar-refractivity contribution >= 4 is 0 Å². The van der Waals surface area contributed by atoms with Crippen molar-refractivity contribution < 1.29 is 9.67 Å². The minimum atomic E-state index is 0.264. The third-order valence-corrected chi connectivity index (χ3v) is 2.85. The summed E-state index contributed by atoms with van der Waals surface area (Å²) in [6.45, 7) is 7.53. The SMILES string of the molecule is Cc1c(C)[n+](C)c(C)n1CCCO. The number of aromatic nitrogens is 2. The quantitative estimate of drug-likeness (QED) is 0.684. The summed E-state index contributed by atoms with van der Waals surface area (Å²) in [5, 5.41) is 8.77. The summed E-state index contributed by atoms with van der Waals surface area (Å²) in [6.07, 6.45) is 0.829. The fourth-order valence-corrected chi connectivity index (χ4v) is 1.66. The number of nitrogens with zero attached hydrogens (tertiary/aromatic N) is 2. The van der Waals surface area contributed by atoms with Crippen LogP contribution in [-0.2, 0) is 13.6 Å². The van der Waals surface area contributed by atoms with Crippen molar-refractivity contribution in [2.45, 2.75) is 33.7 Å². The molecule has 1 rings (SSSR count). The van der Waals surface area contributed by atoms with Gasteiger partial charge in [0.25, 0.3) is 5.82 Å². The Morgan fingerprint density at radius 2 is 1.92 bits per heavy atom. The Balaban J connectivity index is 2.99. The predicted octanol–water partition coefficient (Wildman–Crippen LogP) is 0.620. The highest BCUT2D eigenvalue weighted by Gasteiger charge is 2.18. The lowest BCUT2D eigenvalue weighted by molar-refractivity contribution is -0.683. The van der Waals surface area contributed by atoms with E-state index in [1.807, 2.05) is 0 Å². The lowest BCUT2D eigenvalue weighted by Crippen LogP contribution is -2.33. The Bertz CT molecular complexity index is 277. The second-order valence-corrected chi connectivity index (χ2v) is 3.51. The number of hydrogen-bond acceptors (Lipinski definition) is 1. The van der Waals surface area contributed by atoms with Gasteiger partial charge in [0.2, 0.25) is 0 Å². The van der Waals surface area contributed by atoms with Crippen LogP contribution in [0.1, 0.15) is 23.6 Å². The third-order valence-electron chi connectivity index (χ3n) is 2.85. The first kappa shape index (κ1) is 10.3. The van der Waals surface area contributed by atoms with Crippen LogP contribution in [0.15, 0.2) is 0 Å². The van der Waals surface area contributed by atoms with Gasteiger partial charge in [-0.3, -0.25) is 0 Å². The van der Waals surface area contributed by atoms with Gasteiger partial charge in [0, 0.05) is 33.8 Å². The maximum Gasteiger partial charge on any atom is 0.253 e. The Hall–Kier alpha value is -0.830. The minimum Gasteiger partial charge on any atom is -0.396 e. The molecule has 0 unspecified atom stereocenters. The average molecular weight is 183 g/mol. The summed E-state index contributed by atoms with van der Waals surface area (Å²) >= 11 is 0. The van der Waals surface area contributed by atoms with E-state index in [-0.39, 0.29) is 6.61 Å². The molecule has 0 saturated heterocycles. The largest absolute Gasteiger partial charge is 0.396 e. The molecule has 0 radical (unpaired) electrons. The fourth-order valence-electron chi connectivity index (χ4n) is 1.66. The second kappa shape index (κ2) is 3.92. The van der Waals surface area contributed by atoms with Crippen LogP contribution in [0.3, 0.4) is 0 Å². The van der Waals surface area contributed by atoms with Gasteiger partial charge in [-0.1, -0.05) is 0 Å². The zero-order valence-corrected chi connectivity index (χ0v) is 8.96. The molecule has 0 spiro atoms. The first-order chi connectivity index (χ1) is 6.09. The van der Waals surface area contributed by atoms with E-state index in [9.17, 15) is 0 Å². The molecule has 1 N–H and O–H groups in total. The monoisotopic (exact) mass is 183 g/mol. The van der Waals surface area contributed by atoms with Gasteiger partial charge in [-0.15, -0.1) is 0 Å². The van der Waals surface area contributed by atoms with E-state index in [0.717, 1.165) is 13.0 Å². The van der Waals surface area contributed by atoms with Gasteiger partial charge in [-0.05, 0) is 0 Å². The van der Waals surface area contributed by atoms with Gasteiger partial charge in [-0.2, -0.15) is 0 Å². The molecule has 1 aromatic rings. The lowest BCUT2D eigenvalue weighted by Gasteiger charge is -1.98. The molecule has 3 nitrogen and oxygen atoms in total. The Morgan fingerprint density at radius 1 is 1.31 bits per heavy atom. The number of aliphatic hydroxyl groups is 1. The van der Waals surface area contributed by atoms with Crippen LogP contribution >= 0.6 is 0 Å². The van der Waals surface area contributed by atoms with E-state index in [2.05, 4.69) is 37.0 Å².